The molecular formula is C10H14N2O2. The Bertz CT molecular complexity index is 287. The van der Waals surface area contributed by atoms with Gasteiger partial charge in [-0.2, -0.15) is 0 Å². The van der Waals surface area contributed by atoms with E-state index in [1.165, 1.54) is 0 Å². The smallest absolute Gasteiger partial charge is 0.404 e. The Morgan fingerprint density at radius 1 is 1.43 bits per heavy atom. The maximum atomic E-state index is 10.4. The zero-order chi connectivity index (χ0) is 10.4. The Kier molecular flexibility index (Phi) is 3.94. The topological polar surface area (TPSA) is 75.3 Å². The lowest BCUT2D eigenvalue weighted by molar-refractivity contribution is 0.190. The van der Waals surface area contributed by atoms with Crippen LogP contribution in [0.2, 0.25) is 0 Å². The fourth-order valence-electron chi connectivity index (χ4n) is 1.27. The molecule has 0 radical (unpaired) electrons. The molecule has 0 aromatic heterocycles. The summed E-state index contributed by atoms with van der Waals surface area (Å²) in [6.45, 7) is 0.307. The highest BCUT2D eigenvalue weighted by atomic mass is 16.4. The van der Waals surface area contributed by atoms with Gasteiger partial charge in [-0.25, -0.2) is 4.79 Å². The first-order valence-electron chi connectivity index (χ1n) is 4.46. The van der Waals surface area contributed by atoms with Gasteiger partial charge in [0.25, 0.3) is 0 Å². The number of hydrogen-bond acceptors (Lipinski definition) is 2. The van der Waals surface area contributed by atoms with Crippen molar-refractivity contribution in [2.75, 3.05) is 6.54 Å². The molecule has 14 heavy (non-hydrogen) atoms. The van der Waals surface area contributed by atoms with Gasteiger partial charge in [-0.15, -0.1) is 0 Å². The largest absolute Gasteiger partial charge is 0.465 e. The van der Waals surface area contributed by atoms with Crippen LogP contribution >= 0.6 is 0 Å². The predicted molar refractivity (Wildman–Crippen MR) is 54.1 cm³/mol. The highest BCUT2D eigenvalue weighted by Crippen LogP contribution is 2.02. The van der Waals surface area contributed by atoms with Crippen LogP contribution in [0.15, 0.2) is 30.3 Å². The molecule has 0 heterocycles. The van der Waals surface area contributed by atoms with Gasteiger partial charge in [0.2, 0.25) is 0 Å². The van der Waals surface area contributed by atoms with Crippen LogP contribution in [0, 0.1) is 0 Å². The number of rotatable bonds is 4. The van der Waals surface area contributed by atoms with Gasteiger partial charge >= 0.3 is 6.09 Å². The van der Waals surface area contributed by atoms with Crippen LogP contribution in [0.25, 0.3) is 0 Å². The number of hydrogen-bond donors (Lipinski definition) is 3. The molecule has 1 aromatic carbocycles. The van der Waals surface area contributed by atoms with Gasteiger partial charge < -0.3 is 16.2 Å². The lowest BCUT2D eigenvalue weighted by Crippen LogP contribution is -2.40. The fourth-order valence-corrected chi connectivity index (χ4v) is 1.27. The molecule has 1 atom stereocenters. The molecule has 0 aliphatic rings. The van der Waals surface area contributed by atoms with Gasteiger partial charge in [-0.1, -0.05) is 30.3 Å². The van der Waals surface area contributed by atoms with Crippen LogP contribution in [0.3, 0.4) is 0 Å². The summed E-state index contributed by atoms with van der Waals surface area (Å²) in [7, 11) is 0. The fraction of sp³-hybridized carbons (Fsp3) is 0.300. The first-order chi connectivity index (χ1) is 6.72. The van der Waals surface area contributed by atoms with Gasteiger partial charge in [0.1, 0.15) is 0 Å². The highest BCUT2D eigenvalue weighted by Gasteiger charge is 2.09. The normalized spacial score (nSPS) is 12.1. The maximum absolute atomic E-state index is 10.4. The zero-order valence-electron chi connectivity index (χ0n) is 7.81. The highest BCUT2D eigenvalue weighted by molar-refractivity contribution is 5.64. The molecule has 1 aromatic rings. The first-order valence-corrected chi connectivity index (χ1v) is 4.46. The van der Waals surface area contributed by atoms with Crippen LogP contribution in [0.5, 0.6) is 0 Å². The molecule has 76 valence electrons. The Morgan fingerprint density at radius 3 is 2.57 bits per heavy atom. The van der Waals surface area contributed by atoms with Crippen molar-refractivity contribution in [2.45, 2.75) is 12.5 Å². The van der Waals surface area contributed by atoms with Gasteiger partial charge in [0, 0.05) is 12.6 Å². The molecule has 4 N–H and O–H groups in total. The van der Waals surface area contributed by atoms with E-state index in [0.29, 0.717) is 13.0 Å². The second-order valence-electron chi connectivity index (χ2n) is 3.07. The predicted octanol–water partition coefficient (Wildman–Crippen LogP) is 0.824. The molecular weight excluding hydrogens is 180 g/mol. The third kappa shape index (κ3) is 3.45. The summed E-state index contributed by atoms with van der Waals surface area (Å²) >= 11 is 0. The summed E-state index contributed by atoms with van der Waals surface area (Å²) in [5.74, 6) is 0. The van der Waals surface area contributed by atoms with Crippen molar-refractivity contribution in [3.8, 4) is 0 Å². The summed E-state index contributed by atoms with van der Waals surface area (Å²) in [5.41, 5.74) is 6.52. The van der Waals surface area contributed by atoms with Crippen LogP contribution in [-0.4, -0.2) is 23.8 Å². The Hall–Kier alpha value is -1.55. The molecule has 4 heteroatoms. The molecule has 0 saturated carbocycles. The molecule has 0 fully saturated rings. The summed E-state index contributed by atoms with van der Waals surface area (Å²) in [4.78, 5) is 10.4. The number of nitrogens with one attached hydrogen (secondary N) is 1. The van der Waals surface area contributed by atoms with Crippen LogP contribution < -0.4 is 11.1 Å². The molecule has 1 rings (SSSR count). The van der Waals surface area contributed by atoms with E-state index in [0.717, 1.165) is 5.56 Å². The summed E-state index contributed by atoms with van der Waals surface area (Å²) < 4.78 is 0. The molecule has 0 unspecified atom stereocenters. The van der Waals surface area contributed by atoms with Gasteiger partial charge in [-0.05, 0) is 12.0 Å². The monoisotopic (exact) mass is 194 g/mol. The molecule has 4 nitrogen and oxygen atoms in total. The van der Waals surface area contributed by atoms with Crippen molar-refractivity contribution in [3.63, 3.8) is 0 Å². The number of carbonyl (C=O) groups is 1. The van der Waals surface area contributed by atoms with Crippen molar-refractivity contribution in [1.82, 2.24) is 5.32 Å². The number of benzene rings is 1. The molecule has 0 aliphatic heterocycles. The molecule has 0 spiro atoms. The van der Waals surface area contributed by atoms with Gasteiger partial charge in [0.05, 0.1) is 0 Å². The summed E-state index contributed by atoms with van der Waals surface area (Å²) in [6.07, 6.45) is -0.403. The molecule has 0 bridgehead atoms. The summed E-state index contributed by atoms with van der Waals surface area (Å²) in [6, 6.07) is 9.45. The van der Waals surface area contributed by atoms with Crippen molar-refractivity contribution in [3.05, 3.63) is 35.9 Å². The SMILES string of the molecule is NC[C@@H](Cc1ccccc1)NC(=O)O. The van der Waals surface area contributed by atoms with E-state index in [1.54, 1.807) is 0 Å². The second-order valence-corrected chi connectivity index (χ2v) is 3.07. The average molecular weight is 194 g/mol. The van der Waals surface area contributed by atoms with Crippen molar-refractivity contribution < 1.29 is 9.90 Å². The lowest BCUT2D eigenvalue weighted by Gasteiger charge is -2.14. The van der Waals surface area contributed by atoms with E-state index in [-0.39, 0.29) is 6.04 Å². The molecule has 0 saturated heterocycles. The minimum absolute atomic E-state index is 0.213. The van der Waals surface area contributed by atoms with E-state index >= 15 is 0 Å². The Balaban J connectivity index is 2.53. The zero-order valence-corrected chi connectivity index (χ0v) is 7.81. The first kappa shape index (κ1) is 10.5. The standard InChI is InChI=1S/C10H14N2O2/c11-7-9(12-10(13)14)6-8-4-2-1-3-5-8/h1-5,9,12H,6-7,11H2,(H,13,14)/t9-/m1/s1. The van der Waals surface area contributed by atoms with E-state index in [9.17, 15) is 4.79 Å². The number of nitrogens with two attached hydrogens (primary N) is 1. The Morgan fingerprint density at radius 2 is 2.07 bits per heavy atom. The second kappa shape index (κ2) is 5.24. The van der Waals surface area contributed by atoms with Crippen molar-refractivity contribution >= 4 is 6.09 Å². The van der Waals surface area contributed by atoms with E-state index in [4.69, 9.17) is 10.8 Å². The quantitative estimate of drug-likeness (QED) is 0.664. The third-order valence-electron chi connectivity index (χ3n) is 1.94. The van der Waals surface area contributed by atoms with Crippen LogP contribution in [0.4, 0.5) is 4.79 Å². The lowest BCUT2D eigenvalue weighted by atomic mass is 10.1. The van der Waals surface area contributed by atoms with Crippen molar-refractivity contribution in [2.24, 2.45) is 5.73 Å². The van der Waals surface area contributed by atoms with E-state index in [2.05, 4.69) is 5.32 Å². The van der Waals surface area contributed by atoms with E-state index < -0.39 is 6.09 Å². The number of amides is 1. The average Bonchev–Trinajstić information content (AvgIpc) is 2.17. The van der Waals surface area contributed by atoms with Crippen molar-refractivity contribution in [1.29, 1.82) is 0 Å². The Labute approximate surface area is 82.7 Å². The van der Waals surface area contributed by atoms with Crippen LogP contribution in [-0.2, 0) is 6.42 Å². The maximum Gasteiger partial charge on any atom is 0.404 e. The molecule has 1 amide bonds. The van der Waals surface area contributed by atoms with E-state index in [1.807, 2.05) is 30.3 Å². The third-order valence-corrected chi connectivity index (χ3v) is 1.94. The molecule has 0 aliphatic carbocycles. The minimum Gasteiger partial charge on any atom is -0.465 e. The van der Waals surface area contributed by atoms with Crippen LogP contribution in [0.1, 0.15) is 5.56 Å². The van der Waals surface area contributed by atoms with Gasteiger partial charge in [-0.3, -0.25) is 0 Å². The summed E-state index contributed by atoms with van der Waals surface area (Å²) in [5, 5.41) is 10.9. The minimum atomic E-state index is -1.03. The van der Waals surface area contributed by atoms with Gasteiger partial charge in [0.15, 0.2) is 0 Å². The number of carboxylic acid groups (broad SMARTS) is 1.